The van der Waals surface area contributed by atoms with E-state index in [0.717, 1.165) is 57.8 Å². The lowest BCUT2D eigenvalue weighted by molar-refractivity contribution is -0.150. The van der Waals surface area contributed by atoms with Crippen LogP contribution in [0.4, 0.5) is 0 Å². The Morgan fingerprint density at radius 3 is 1.47 bits per heavy atom. The van der Waals surface area contributed by atoms with Gasteiger partial charge in [0.1, 0.15) is 6.10 Å². The van der Waals surface area contributed by atoms with Gasteiger partial charge in [0.15, 0.2) is 0 Å². The first-order chi connectivity index (χ1) is 18.6. The zero-order valence-electron chi connectivity index (χ0n) is 25.5. The van der Waals surface area contributed by atoms with Gasteiger partial charge in [-0.25, -0.2) is 0 Å². The third-order valence-corrected chi connectivity index (χ3v) is 7.49. The monoisotopic (exact) mass is 536 g/mol. The maximum Gasteiger partial charge on any atom is 0.306 e. The van der Waals surface area contributed by atoms with Crippen molar-refractivity contribution >= 4 is 11.9 Å². The number of esters is 1. The number of hydrogen-bond donors (Lipinski definition) is 1. The van der Waals surface area contributed by atoms with E-state index in [1.54, 1.807) is 0 Å². The molecule has 0 spiro atoms. The van der Waals surface area contributed by atoms with E-state index in [1.165, 1.54) is 103 Å². The molecule has 0 aliphatic heterocycles. The molecule has 224 valence electrons. The van der Waals surface area contributed by atoms with Gasteiger partial charge in [-0.15, -0.1) is 0 Å². The van der Waals surface area contributed by atoms with Crippen LogP contribution in [0.5, 0.6) is 0 Å². The molecule has 1 N–H and O–H groups in total. The van der Waals surface area contributed by atoms with Crippen molar-refractivity contribution in [2.24, 2.45) is 0 Å². The lowest BCUT2D eigenvalue weighted by Gasteiger charge is -2.18. The van der Waals surface area contributed by atoms with Crippen molar-refractivity contribution in [2.45, 2.75) is 193 Å². The number of aliphatic carboxylic acids is 1. The molecule has 1 atom stereocenters. The molecule has 0 aromatic rings. The minimum absolute atomic E-state index is 0.0143. The van der Waals surface area contributed by atoms with Crippen LogP contribution in [-0.2, 0) is 14.3 Å². The van der Waals surface area contributed by atoms with Crippen LogP contribution in [0.15, 0.2) is 12.2 Å². The van der Waals surface area contributed by atoms with Gasteiger partial charge in [0, 0.05) is 12.8 Å². The predicted molar refractivity (Wildman–Crippen MR) is 163 cm³/mol. The molecule has 0 aromatic heterocycles. The number of unbranched alkanes of at least 4 members (excludes halogenated alkanes) is 19. The molecule has 0 heterocycles. The Kier molecular flexibility index (Phi) is 29.2. The van der Waals surface area contributed by atoms with Gasteiger partial charge in [-0.1, -0.05) is 122 Å². The summed E-state index contributed by atoms with van der Waals surface area (Å²) in [4.78, 5) is 23.0. The lowest BCUT2D eigenvalue weighted by Crippen LogP contribution is -2.18. The van der Waals surface area contributed by atoms with E-state index in [2.05, 4.69) is 26.0 Å². The average Bonchev–Trinajstić information content (AvgIpc) is 2.89. The van der Waals surface area contributed by atoms with E-state index in [4.69, 9.17) is 9.84 Å². The van der Waals surface area contributed by atoms with E-state index in [-0.39, 0.29) is 12.1 Å². The SMILES string of the molecule is CCCCCC/C=C/CCCCCCCC(=O)OC(CCCCC)CCCCCCCCCCCC(=O)O. The van der Waals surface area contributed by atoms with Gasteiger partial charge in [0.2, 0.25) is 0 Å². The second kappa shape index (κ2) is 30.2. The molecule has 4 heteroatoms. The summed E-state index contributed by atoms with van der Waals surface area (Å²) in [6.07, 6.45) is 35.3. The zero-order valence-corrected chi connectivity index (χ0v) is 25.5. The maximum atomic E-state index is 12.4. The van der Waals surface area contributed by atoms with Gasteiger partial charge in [-0.2, -0.15) is 0 Å². The Hall–Kier alpha value is -1.32. The highest BCUT2D eigenvalue weighted by molar-refractivity contribution is 5.69. The number of hydrogen-bond acceptors (Lipinski definition) is 3. The summed E-state index contributed by atoms with van der Waals surface area (Å²) >= 11 is 0. The quantitative estimate of drug-likeness (QED) is 0.0563. The summed E-state index contributed by atoms with van der Waals surface area (Å²) in [5.74, 6) is -0.665. The summed E-state index contributed by atoms with van der Waals surface area (Å²) in [5.41, 5.74) is 0. The normalized spacial score (nSPS) is 12.3. The Morgan fingerprint density at radius 2 is 0.947 bits per heavy atom. The smallest absolute Gasteiger partial charge is 0.306 e. The molecule has 0 aliphatic carbocycles. The molecule has 0 rings (SSSR count). The highest BCUT2D eigenvalue weighted by Gasteiger charge is 2.14. The molecule has 0 fully saturated rings. The van der Waals surface area contributed by atoms with Gasteiger partial charge < -0.3 is 9.84 Å². The summed E-state index contributed by atoms with van der Waals surface area (Å²) in [6, 6.07) is 0. The van der Waals surface area contributed by atoms with Crippen LogP contribution in [0.3, 0.4) is 0 Å². The molecule has 4 nitrogen and oxygen atoms in total. The van der Waals surface area contributed by atoms with Gasteiger partial charge in [-0.05, 0) is 64.2 Å². The van der Waals surface area contributed by atoms with Crippen LogP contribution < -0.4 is 0 Å². The third-order valence-electron chi connectivity index (χ3n) is 7.49. The van der Waals surface area contributed by atoms with Crippen molar-refractivity contribution in [2.75, 3.05) is 0 Å². The molecule has 38 heavy (non-hydrogen) atoms. The second-order valence-corrected chi connectivity index (χ2v) is 11.3. The van der Waals surface area contributed by atoms with Crippen molar-refractivity contribution in [3.05, 3.63) is 12.2 Å². The number of carboxylic acid groups (broad SMARTS) is 1. The fourth-order valence-electron chi connectivity index (χ4n) is 5.00. The van der Waals surface area contributed by atoms with Crippen LogP contribution in [0.25, 0.3) is 0 Å². The van der Waals surface area contributed by atoms with E-state index in [0.29, 0.717) is 12.8 Å². The van der Waals surface area contributed by atoms with Gasteiger partial charge >= 0.3 is 11.9 Å². The molecule has 0 saturated carbocycles. The number of rotatable bonds is 30. The number of carbonyl (C=O) groups is 2. The highest BCUT2D eigenvalue weighted by atomic mass is 16.5. The topological polar surface area (TPSA) is 63.6 Å². The lowest BCUT2D eigenvalue weighted by atomic mass is 10.0. The van der Waals surface area contributed by atoms with E-state index >= 15 is 0 Å². The van der Waals surface area contributed by atoms with Gasteiger partial charge in [0.05, 0.1) is 0 Å². The molecule has 0 aliphatic rings. The van der Waals surface area contributed by atoms with Crippen molar-refractivity contribution in [1.29, 1.82) is 0 Å². The molecular weight excluding hydrogens is 472 g/mol. The molecule has 1 unspecified atom stereocenters. The second-order valence-electron chi connectivity index (χ2n) is 11.3. The summed E-state index contributed by atoms with van der Waals surface area (Å²) < 4.78 is 5.91. The van der Waals surface area contributed by atoms with Crippen LogP contribution in [0.2, 0.25) is 0 Å². The first kappa shape index (κ1) is 36.7. The van der Waals surface area contributed by atoms with Crippen LogP contribution >= 0.6 is 0 Å². The number of carboxylic acids is 1. The minimum atomic E-state index is -0.679. The first-order valence-electron chi connectivity index (χ1n) is 16.7. The Balaban J connectivity index is 3.78. The van der Waals surface area contributed by atoms with Crippen LogP contribution in [-0.4, -0.2) is 23.1 Å². The summed E-state index contributed by atoms with van der Waals surface area (Å²) in [5, 5.41) is 8.67. The third kappa shape index (κ3) is 29.2. The number of allylic oxidation sites excluding steroid dienone is 2. The predicted octanol–water partition coefficient (Wildman–Crippen LogP) is 11.1. The van der Waals surface area contributed by atoms with Crippen LogP contribution in [0.1, 0.15) is 187 Å². The minimum Gasteiger partial charge on any atom is -0.481 e. The fourth-order valence-corrected chi connectivity index (χ4v) is 5.00. The molecule has 0 radical (unpaired) electrons. The molecule has 0 bridgehead atoms. The first-order valence-corrected chi connectivity index (χ1v) is 16.7. The molecule has 0 aromatic carbocycles. The Bertz CT molecular complexity index is 543. The van der Waals surface area contributed by atoms with Gasteiger partial charge in [-0.3, -0.25) is 9.59 Å². The fraction of sp³-hybridized carbons (Fsp3) is 0.882. The zero-order chi connectivity index (χ0) is 27.9. The van der Waals surface area contributed by atoms with E-state index < -0.39 is 5.97 Å². The van der Waals surface area contributed by atoms with E-state index in [1.807, 2.05) is 0 Å². The van der Waals surface area contributed by atoms with Gasteiger partial charge in [0.25, 0.3) is 0 Å². The molecule has 0 saturated heterocycles. The number of carbonyl (C=O) groups excluding carboxylic acids is 1. The van der Waals surface area contributed by atoms with Crippen molar-refractivity contribution in [3.63, 3.8) is 0 Å². The van der Waals surface area contributed by atoms with Crippen molar-refractivity contribution in [3.8, 4) is 0 Å². The molecule has 0 amide bonds. The van der Waals surface area contributed by atoms with Crippen molar-refractivity contribution < 1.29 is 19.4 Å². The Labute approximate surface area is 236 Å². The summed E-state index contributed by atoms with van der Waals surface area (Å²) in [7, 11) is 0. The van der Waals surface area contributed by atoms with Crippen molar-refractivity contribution in [1.82, 2.24) is 0 Å². The highest BCUT2D eigenvalue weighted by Crippen LogP contribution is 2.18. The standard InChI is InChI=1S/C34H64O4/c1-3-5-7-8-9-10-11-12-13-17-20-23-27-31-34(37)38-32(28-24-6-4-2)29-25-21-18-15-14-16-19-22-26-30-33(35)36/h10-11,32H,3-9,12-31H2,1-2H3,(H,35,36)/b11-10+. The number of ether oxygens (including phenoxy) is 1. The average molecular weight is 537 g/mol. The van der Waals surface area contributed by atoms with Crippen LogP contribution in [0, 0.1) is 0 Å². The Morgan fingerprint density at radius 1 is 0.553 bits per heavy atom. The maximum absolute atomic E-state index is 12.4. The van der Waals surface area contributed by atoms with E-state index in [9.17, 15) is 9.59 Å². The molecular formula is C34H64O4. The summed E-state index contributed by atoms with van der Waals surface area (Å²) in [6.45, 7) is 4.48. The largest absolute Gasteiger partial charge is 0.481 e.